The first-order chi connectivity index (χ1) is 11.6. The molecule has 0 aliphatic heterocycles. The second-order valence-corrected chi connectivity index (χ2v) is 5.06. The molecular weight excluding hydrogens is 309 g/mol. The van der Waals surface area contributed by atoms with Gasteiger partial charge in [0.15, 0.2) is 11.6 Å². The fourth-order valence-electron chi connectivity index (χ4n) is 2.08. The fraction of sp³-hybridized carbons (Fsp3) is 0.0588. The van der Waals surface area contributed by atoms with Gasteiger partial charge in [0.05, 0.1) is 6.20 Å². The Morgan fingerprint density at radius 3 is 2.54 bits per heavy atom. The number of nitrogens with zero attached hydrogens (tertiary/aromatic N) is 3. The Kier molecular flexibility index (Phi) is 4.42. The molecule has 0 aliphatic rings. The molecule has 0 atom stereocenters. The summed E-state index contributed by atoms with van der Waals surface area (Å²) in [5.74, 6) is 0.304. The van der Waals surface area contributed by atoms with E-state index in [1.165, 1.54) is 25.3 Å². The second kappa shape index (κ2) is 6.82. The maximum absolute atomic E-state index is 13.2. The van der Waals surface area contributed by atoms with Crippen LogP contribution < -0.4 is 10.6 Å². The van der Waals surface area contributed by atoms with E-state index in [0.717, 1.165) is 0 Å². The van der Waals surface area contributed by atoms with Crippen molar-refractivity contribution in [3.63, 3.8) is 0 Å². The number of hydrogen-bond acceptors (Lipinski definition) is 6. The first kappa shape index (κ1) is 15.5. The Morgan fingerprint density at radius 1 is 1.04 bits per heavy atom. The summed E-state index contributed by atoms with van der Waals surface area (Å²) in [4.78, 5) is 15.7. The van der Waals surface area contributed by atoms with Crippen LogP contribution in [0.3, 0.4) is 0 Å². The second-order valence-electron chi connectivity index (χ2n) is 5.06. The maximum Gasteiger partial charge on any atom is 0.249 e. The van der Waals surface area contributed by atoms with Crippen LogP contribution in [0.25, 0.3) is 0 Å². The Labute approximate surface area is 137 Å². The molecule has 0 fully saturated rings. The summed E-state index contributed by atoms with van der Waals surface area (Å²) in [5.41, 5.74) is 1.81. The first-order valence-corrected chi connectivity index (χ1v) is 7.20. The van der Waals surface area contributed by atoms with Crippen molar-refractivity contribution in [3.8, 4) is 0 Å². The van der Waals surface area contributed by atoms with Gasteiger partial charge >= 0.3 is 0 Å². The largest absolute Gasteiger partial charge is 0.339 e. The predicted octanol–water partition coefficient (Wildman–Crippen LogP) is 3.70. The number of aromatic nitrogens is 3. The van der Waals surface area contributed by atoms with E-state index in [4.69, 9.17) is 0 Å². The van der Waals surface area contributed by atoms with Crippen LogP contribution in [0.4, 0.5) is 27.5 Å². The molecule has 0 radical (unpaired) electrons. The number of carbonyl (C=O) groups is 1. The predicted molar refractivity (Wildman–Crippen MR) is 89.2 cm³/mol. The summed E-state index contributed by atoms with van der Waals surface area (Å²) in [6.45, 7) is 1.50. The van der Waals surface area contributed by atoms with Gasteiger partial charge in [-0.05, 0) is 37.3 Å². The topological polar surface area (TPSA) is 79.8 Å². The van der Waals surface area contributed by atoms with Gasteiger partial charge in [0.25, 0.3) is 0 Å². The summed E-state index contributed by atoms with van der Waals surface area (Å²) in [6.07, 6.45) is 1.43. The zero-order valence-corrected chi connectivity index (χ0v) is 12.8. The lowest BCUT2D eigenvalue weighted by atomic mass is 10.1. The molecule has 120 valence electrons. The minimum Gasteiger partial charge on any atom is -0.339 e. The van der Waals surface area contributed by atoms with Crippen molar-refractivity contribution in [2.24, 2.45) is 0 Å². The number of Topliss-reactive ketones (excluding diaryl/α,β-unsaturated/α-hetero) is 1. The van der Waals surface area contributed by atoms with Gasteiger partial charge in [0, 0.05) is 16.9 Å². The fourth-order valence-corrected chi connectivity index (χ4v) is 2.08. The number of hydrogen-bond donors (Lipinski definition) is 2. The lowest BCUT2D eigenvalue weighted by Gasteiger charge is -2.08. The third kappa shape index (κ3) is 3.89. The number of rotatable bonds is 5. The highest BCUT2D eigenvalue weighted by atomic mass is 19.1. The quantitative estimate of drug-likeness (QED) is 0.697. The molecule has 3 rings (SSSR count). The normalized spacial score (nSPS) is 10.2. The standard InChI is InChI=1S/C17H14FN5O/c1-11(24)12-4-2-6-14(8-12)21-17-22-16(10-19-23-17)20-15-7-3-5-13(18)9-15/h2-10H,1H3,(H2,20,21,22,23). The Morgan fingerprint density at radius 2 is 1.79 bits per heavy atom. The van der Waals surface area contributed by atoms with Crippen LogP contribution in [0, 0.1) is 5.82 Å². The Balaban J connectivity index is 1.78. The molecule has 0 saturated carbocycles. The molecule has 2 N–H and O–H groups in total. The highest BCUT2D eigenvalue weighted by Crippen LogP contribution is 2.18. The van der Waals surface area contributed by atoms with Crippen LogP contribution in [0.1, 0.15) is 17.3 Å². The van der Waals surface area contributed by atoms with Crippen molar-refractivity contribution in [2.75, 3.05) is 10.6 Å². The van der Waals surface area contributed by atoms with Gasteiger partial charge in [-0.15, -0.1) is 5.10 Å². The molecule has 0 bridgehead atoms. The van der Waals surface area contributed by atoms with Crippen molar-refractivity contribution in [3.05, 3.63) is 66.1 Å². The SMILES string of the molecule is CC(=O)c1cccc(Nc2nncc(Nc3cccc(F)c3)n2)c1. The maximum atomic E-state index is 13.2. The summed E-state index contributed by atoms with van der Waals surface area (Å²) >= 11 is 0. The van der Waals surface area contributed by atoms with Crippen molar-refractivity contribution < 1.29 is 9.18 Å². The summed E-state index contributed by atoms with van der Waals surface area (Å²) < 4.78 is 13.2. The van der Waals surface area contributed by atoms with Gasteiger partial charge in [0.2, 0.25) is 5.95 Å². The van der Waals surface area contributed by atoms with Gasteiger partial charge < -0.3 is 10.6 Å². The Bertz CT molecular complexity index is 884. The molecule has 1 heterocycles. The molecule has 7 heteroatoms. The molecule has 0 spiro atoms. The van der Waals surface area contributed by atoms with E-state index in [1.807, 2.05) is 0 Å². The number of nitrogens with one attached hydrogen (secondary N) is 2. The van der Waals surface area contributed by atoms with Crippen LogP contribution in [0.2, 0.25) is 0 Å². The lowest BCUT2D eigenvalue weighted by molar-refractivity contribution is 0.101. The number of carbonyl (C=O) groups excluding carboxylic acids is 1. The number of anilines is 4. The van der Waals surface area contributed by atoms with Crippen molar-refractivity contribution in [1.82, 2.24) is 15.2 Å². The monoisotopic (exact) mass is 323 g/mol. The van der Waals surface area contributed by atoms with E-state index in [0.29, 0.717) is 22.8 Å². The highest BCUT2D eigenvalue weighted by Gasteiger charge is 2.05. The van der Waals surface area contributed by atoms with Crippen LogP contribution in [-0.4, -0.2) is 21.0 Å². The molecular formula is C17H14FN5O. The van der Waals surface area contributed by atoms with E-state index in [2.05, 4.69) is 25.8 Å². The number of benzene rings is 2. The van der Waals surface area contributed by atoms with Gasteiger partial charge in [0.1, 0.15) is 5.82 Å². The summed E-state index contributed by atoms with van der Waals surface area (Å²) in [5, 5.41) is 13.7. The van der Waals surface area contributed by atoms with E-state index < -0.39 is 0 Å². The third-order valence-electron chi connectivity index (χ3n) is 3.18. The lowest BCUT2D eigenvalue weighted by Crippen LogP contribution is -2.03. The van der Waals surface area contributed by atoms with E-state index in [-0.39, 0.29) is 17.5 Å². The molecule has 0 aliphatic carbocycles. The molecule has 0 unspecified atom stereocenters. The molecule has 24 heavy (non-hydrogen) atoms. The zero-order valence-electron chi connectivity index (χ0n) is 12.8. The first-order valence-electron chi connectivity index (χ1n) is 7.20. The van der Waals surface area contributed by atoms with Gasteiger partial charge in [-0.3, -0.25) is 4.79 Å². The Hall–Kier alpha value is -3.35. The van der Waals surface area contributed by atoms with E-state index in [1.54, 1.807) is 36.4 Å². The smallest absolute Gasteiger partial charge is 0.249 e. The molecule has 0 amide bonds. The summed E-state index contributed by atoms with van der Waals surface area (Å²) in [7, 11) is 0. The number of halogens is 1. The molecule has 2 aromatic carbocycles. The minimum absolute atomic E-state index is 0.0285. The van der Waals surface area contributed by atoms with Crippen molar-refractivity contribution in [2.45, 2.75) is 6.92 Å². The zero-order chi connectivity index (χ0) is 16.9. The van der Waals surface area contributed by atoms with E-state index >= 15 is 0 Å². The van der Waals surface area contributed by atoms with E-state index in [9.17, 15) is 9.18 Å². The summed E-state index contributed by atoms with van der Waals surface area (Å²) in [6, 6.07) is 13.0. The molecule has 0 saturated heterocycles. The third-order valence-corrected chi connectivity index (χ3v) is 3.18. The van der Waals surface area contributed by atoms with Gasteiger partial charge in [-0.25, -0.2) is 4.39 Å². The molecule has 6 nitrogen and oxygen atoms in total. The molecule has 1 aromatic heterocycles. The highest BCUT2D eigenvalue weighted by molar-refractivity contribution is 5.95. The van der Waals surface area contributed by atoms with Crippen molar-refractivity contribution >= 4 is 28.9 Å². The van der Waals surface area contributed by atoms with Crippen LogP contribution in [0.15, 0.2) is 54.7 Å². The van der Waals surface area contributed by atoms with Gasteiger partial charge in [-0.2, -0.15) is 10.1 Å². The van der Waals surface area contributed by atoms with Gasteiger partial charge in [-0.1, -0.05) is 18.2 Å². The molecule has 3 aromatic rings. The number of ketones is 1. The average molecular weight is 323 g/mol. The van der Waals surface area contributed by atoms with Crippen LogP contribution >= 0.6 is 0 Å². The average Bonchev–Trinajstić information content (AvgIpc) is 2.55. The van der Waals surface area contributed by atoms with Crippen LogP contribution in [-0.2, 0) is 0 Å². The van der Waals surface area contributed by atoms with Crippen LogP contribution in [0.5, 0.6) is 0 Å². The van der Waals surface area contributed by atoms with Crippen molar-refractivity contribution in [1.29, 1.82) is 0 Å². The minimum atomic E-state index is -0.346.